The molecule has 0 saturated carbocycles. The summed E-state index contributed by atoms with van der Waals surface area (Å²) in [6.07, 6.45) is 2.78. The molecule has 1 heterocycles. The van der Waals surface area contributed by atoms with E-state index in [1.165, 1.54) is 13.0 Å². The van der Waals surface area contributed by atoms with Crippen LogP contribution < -0.4 is 19.5 Å². The Balaban J connectivity index is 1.51. The highest BCUT2D eigenvalue weighted by Crippen LogP contribution is 2.30. The number of carbonyl (C=O) groups excluding carboxylic acids is 2. The Morgan fingerprint density at radius 2 is 1.90 bits per heavy atom. The van der Waals surface area contributed by atoms with E-state index in [0.29, 0.717) is 30.5 Å². The van der Waals surface area contributed by atoms with E-state index in [-0.39, 0.29) is 6.54 Å². The lowest BCUT2D eigenvalue weighted by Crippen LogP contribution is -2.35. The largest absolute Gasteiger partial charge is 0.496 e. The molecule has 1 N–H and O–H groups in total. The molecule has 0 spiro atoms. The molecule has 0 radical (unpaired) electrons. The van der Waals surface area contributed by atoms with Crippen molar-refractivity contribution >= 4 is 18.0 Å². The number of rotatable bonds is 7. The molecule has 2 aromatic carbocycles. The van der Waals surface area contributed by atoms with E-state index < -0.39 is 18.0 Å². The summed E-state index contributed by atoms with van der Waals surface area (Å²) in [6.45, 7) is 3.00. The highest BCUT2D eigenvalue weighted by Gasteiger charge is 2.17. The number of ether oxygens (including phenoxy) is 4. The Morgan fingerprint density at radius 1 is 1.13 bits per heavy atom. The van der Waals surface area contributed by atoms with Crippen LogP contribution in [-0.2, 0) is 20.9 Å². The summed E-state index contributed by atoms with van der Waals surface area (Å²) in [6, 6.07) is 12.8. The fourth-order valence-corrected chi connectivity index (χ4v) is 2.89. The van der Waals surface area contributed by atoms with Crippen LogP contribution in [0.1, 0.15) is 24.5 Å². The third-order valence-electron chi connectivity index (χ3n) is 4.49. The Kier molecular flexibility index (Phi) is 7.32. The third-order valence-corrected chi connectivity index (χ3v) is 4.49. The number of benzene rings is 2. The Hall–Kier alpha value is -3.48. The molecule has 1 aliphatic rings. The van der Waals surface area contributed by atoms with E-state index >= 15 is 0 Å². The average molecular weight is 411 g/mol. The summed E-state index contributed by atoms with van der Waals surface area (Å²) in [5.74, 6) is 1.01. The number of fused-ring (bicyclic) bond motifs is 1. The normalized spacial score (nSPS) is 13.9. The van der Waals surface area contributed by atoms with Gasteiger partial charge in [-0.3, -0.25) is 4.79 Å². The fourth-order valence-electron chi connectivity index (χ4n) is 2.89. The molecule has 1 aliphatic heterocycles. The molecule has 0 fully saturated rings. The van der Waals surface area contributed by atoms with Crippen molar-refractivity contribution in [1.29, 1.82) is 0 Å². The van der Waals surface area contributed by atoms with Crippen molar-refractivity contribution in [3.05, 3.63) is 59.7 Å². The molecule has 0 bridgehead atoms. The van der Waals surface area contributed by atoms with E-state index in [1.807, 2.05) is 30.3 Å². The van der Waals surface area contributed by atoms with Crippen LogP contribution in [-0.4, -0.2) is 38.3 Å². The first-order valence-corrected chi connectivity index (χ1v) is 9.75. The van der Waals surface area contributed by atoms with Gasteiger partial charge in [0.05, 0.1) is 20.3 Å². The minimum absolute atomic E-state index is 0.276. The Morgan fingerprint density at radius 3 is 2.70 bits per heavy atom. The molecule has 0 aliphatic carbocycles. The summed E-state index contributed by atoms with van der Waals surface area (Å²) in [7, 11) is 1.57. The van der Waals surface area contributed by atoms with Crippen LogP contribution in [0.4, 0.5) is 0 Å². The van der Waals surface area contributed by atoms with Gasteiger partial charge >= 0.3 is 5.97 Å². The van der Waals surface area contributed by atoms with Crippen LogP contribution >= 0.6 is 0 Å². The van der Waals surface area contributed by atoms with Crippen molar-refractivity contribution in [3.8, 4) is 17.2 Å². The first-order chi connectivity index (χ1) is 14.6. The molecule has 7 nitrogen and oxygen atoms in total. The van der Waals surface area contributed by atoms with Gasteiger partial charge in [-0.15, -0.1) is 0 Å². The molecule has 158 valence electrons. The van der Waals surface area contributed by atoms with Gasteiger partial charge in [-0.25, -0.2) is 4.79 Å². The van der Waals surface area contributed by atoms with Gasteiger partial charge < -0.3 is 24.3 Å². The molecule has 7 heteroatoms. The summed E-state index contributed by atoms with van der Waals surface area (Å²) in [5.41, 5.74) is 1.60. The molecule has 1 amide bonds. The average Bonchev–Trinajstić information content (AvgIpc) is 3.01. The second kappa shape index (κ2) is 10.3. The molecule has 0 unspecified atom stereocenters. The quantitative estimate of drug-likeness (QED) is 0.557. The summed E-state index contributed by atoms with van der Waals surface area (Å²) >= 11 is 0. The third kappa shape index (κ3) is 5.76. The van der Waals surface area contributed by atoms with E-state index in [2.05, 4.69) is 5.32 Å². The van der Waals surface area contributed by atoms with Gasteiger partial charge in [-0.1, -0.05) is 24.3 Å². The van der Waals surface area contributed by atoms with E-state index in [0.717, 1.165) is 17.5 Å². The van der Waals surface area contributed by atoms with Gasteiger partial charge in [0.15, 0.2) is 17.6 Å². The lowest BCUT2D eigenvalue weighted by molar-refractivity contribution is -0.150. The number of nitrogens with one attached hydrogen (secondary N) is 1. The zero-order chi connectivity index (χ0) is 21.3. The highest BCUT2D eigenvalue weighted by atomic mass is 16.5. The van der Waals surface area contributed by atoms with Gasteiger partial charge in [0.25, 0.3) is 5.91 Å². The van der Waals surface area contributed by atoms with Gasteiger partial charge in [-0.2, -0.15) is 0 Å². The number of methoxy groups -OCH3 is 1. The maximum Gasteiger partial charge on any atom is 0.331 e. The first kappa shape index (κ1) is 21.2. The van der Waals surface area contributed by atoms with E-state index in [1.54, 1.807) is 25.3 Å². The second-order valence-corrected chi connectivity index (χ2v) is 6.70. The number of carbonyl (C=O) groups is 2. The van der Waals surface area contributed by atoms with Crippen LogP contribution in [0.3, 0.4) is 0 Å². The van der Waals surface area contributed by atoms with E-state index in [4.69, 9.17) is 18.9 Å². The van der Waals surface area contributed by atoms with Gasteiger partial charge in [0.2, 0.25) is 0 Å². The maximum atomic E-state index is 12.2. The number of hydrogen-bond acceptors (Lipinski definition) is 6. The van der Waals surface area contributed by atoms with Gasteiger partial charge in [0.1, 0.15) is 5.75 Å². The minimum atomic E-state index is -0.930. The molecular weight excluding hydrogens is 386 g/mol. The molecule has 1 atom stereocenters. The summed E-state index contributed by atoms with van der Waals surface area (Å²) in [4.78, 5) is 24.3. The molecule has 0 saturated heterocycles. The molecule has 3 rings (SSSR count). The molecular formula is C23H25NO6. The number of hydrogen-bond donors (Lipinski definition) is 1. The van der Waals surface area contributed by atoms with Crippen LogP contribution in [0.15, 0.2) is 48.5 Å². The fraction of sp³-hybridized carbons (Fsp3) is 0.304. The monoisotopic (exact) mass is 411 g/mol. The van der Waals surface area contributed by atoms with Crippen molar-refractivity contribution < 1.29 is 28.5 Å². The minimum Gasteiger partial charge on any atom is -0.496 e. The van der Waals surface area contributed by atoms with E-state index in [9.17, 15) is 9.59 Å². The number of para-hydroxylation sites is 1. The van der Waals surface area contributed by atoms with Crippen molar-refractivity contribution in [2.45, 2.75) is 26.0 Å². The topological polar surface area (TPSA) is 83.1 Å². The number of amides is 1. The van der Waals surface area contributed by atoms with Crippen molar-refractivity contribution in [1.82, 2.24) is 5.32 Å². The van der Waals surface area contributed by atoms with Crippen LogP contribution in [0, 0.1) is 0 Å². The summed E-state index contributed by atoms with van der Waals surface area (Å²) < 4.78 is 21.7. The molecule has 0 aromatic heterocycles. The predicted octanol–water partition coefficient (Wildman–Crippen LogP) is 3.12. The zero-order valence-electron chi connectivity index (χ0n) is 17.1. The smallest absolute Gasteiger partial charge is 0.331 e. The molecule has 30 heavy (non-hydrogen) atoms. The Labute approximate surface area is 175 Å². The highest BCUT2D eigenvalue weighted by molar-refractivity contribution is 5.90. The molecule has 2 aromatic rings. The first-order valence-electron chi connectivity index (χ1n) is 9.75. The van der Waals surface area contributed by atoms with Crippen LogP contribution in [0.2, 0.25) is 0 Å². The lowest BCUT2D eigenvalue weighted by Gasteiger charge is -2.13. The van der Waals surface area contributed by atoms with Gasteiger partial charge in [0, 0.05) is 24.6 Å². The predicted molar refractivity (Wildman–Crippen MR) is 111 cm³/mol. The van der Waals surface area contributed by atoms with Crippen molar-refractivity contribution in [2.24, 2.45) is 0 Å². The summed E-state index contributed by atoms with van der Waals surface area (Å²) in [5, 5.41) is 2.74. The van der Waals surface area contributed by atoms with Gasteiger partial charge in [-0.05, 0) is 36.8 Å². The lowest BCUT2D eigenvalue weighted by atomic mass is 10.2. The van der Waals surface area contributed by atoms with Crippen molar-refractivity contribution in [3.63, 3.8) is 0 Å². The van der Waals surface area contributed by atoms with Crippen LogP contribution in [0.25, 0.3) is 6.08 Å². The Bertz CT molecular complexity index is 924. The zero-order valence-corrected chi connectivity index (χ0v) is 17.1. The van der Waals surface area contributed by atoms with Crippen molar-refractivity contribution in [2.75, 3.05) is 20.3 Å². The SMILES string of the molecule is COc1ccccc1CNC(=O)[C@@H](C)OC(=O)/C=C/c1ccc2c(c1)OCCCO2. The maximum absolute atomic E-state index is 12.2. The standard InChI is InChI=1S/C23H25NO6/c1-16(23(26)24-15-18-6-3-4-7-19(18)27-2)30-22(25)11-9-17-8-10-20-21(14-17)29-13-5-12-28-20/h3-4,6-11,14,16H,5,12-13,15H2,1-2H3,(H,24,26)/b11-9+/t16-/m1/s1. The second-order valence-electron chi connectivity index (χ2n) is 6.70. The number of esters is 1. The van der Waals surface area contributed by atoms with Crippen LogP contribution in [0.5, 0.6) is 17.2 Å².